The van der Waals surface area contributed by atoms with E-state index in [9.17, 15) is 13.2 Å². The topological polar surface area (TPSA) is 101 Å². The smallest absolute Gasteiger partial charge is 0.291 e. The molecule has 1 amide bonds. The van der Waals surface area contributed by atoms with Crippen molar-refractivity contribution in [3.8, 4) is 0 Å². The zero-order valence-corrected chi connectivity index (χ0v) is 16.2. The average Bonchev–Trinajstić information content (AvgIpc) is 3.22. The van der Waals surface area contributed by atoms with Crippen molar-refractivity contribution < 1.29 is 17.6 Å². The number of nitrogens with one attached hydrogen (secondary N) is 2. The number of furan rings is 1. The first-order valence-corrected chi connectivity index (χ1v) is 9.92. The van der Waals surface area contributed by atoms with E-state index in [0.29, 0.717) is 22.5 Å². The van der Waals surface area contributed by atoms with Crippen LogP contribution in [-0.4, -0.2) is 20.0 Å². The minimum Gasteiger partial charge on any atom is -0.459 e. The molecular weight excluding hydrogens is 378 g/mol. The molecule has 7 nitrogen and oxygen atoms in total. The summed E-state index contributed by atoms with van der Waals surface area (Å²) in [6.45, 7) is 3.41. The van der Waals surface area contributed by atoms with Crippen molar-refractivity contribution in [2.24, 2.45) is 5.10 Å². The summed E-state index contributed by atoms with van der Waals surface area (Å²) in [5.41, 5.74) is 2.42. The maximum absolute atomic E-state index is 12.4. The van der Waals surface area contributed by atoms with E-state index in [1.807, 2.05) is 0 Å². The second-order valence-electron chi connectivity index (χ2n) is 6.07. The summed E-state index contributed by atoms with van der Waals surface area (Å²) in [4.78, 5) is 14.4. The molecule has 144 valence electrons. The molecule has 2 N–H and O–H groups in total. The molecule has 3 aromatic rings. The van der Waals surface area contributed by atoms with Gasteiger partial charge in [-0.2, -0.15) is 18.4 Å². The van der Waals surface area contributed by atoms with Crippen LogP contribution in [0.15, 0.2) is 81.3 Å². The molecule has 0 fully saturated rings. The number of aryl methyl sites for hydroxylation is 1. The van der Waals surface area contributed by atoms with Crippen LogP contribution in [0.3, 0.4) is 0 Å². The third kappa shape index (κ3) is 4.47. The molecule has 0 unspecified atom stereocenters. The first kappa shape index (κ1) is 19.4. The second-order valence-corrected chi connectivity index (χ2v) is 7.70. The molecule has 1 heterocycles. The van der Waals surface area contributed by atoms with E-state index in [1.165, 1.54) is 12.3 Å². The van der Waals surface area contributed by atoms with Gasteiger partial charge in [0.1, 0.15) is 0 Å². The van der Waals surface area contributed by atoms with E-state index < -0.39 is 10.0 Å². The summed E-state index contributed by atoms with van der Waals surface area (Å²) < 4.78 is 29.8. The number of hydrogen-bond acceptors (Lipinski definition) is 5. The lowest BCUT2D eigenvalue weighted by Crippen LogP contribution is -2.20. The van der Waals surface area contributed by atoms with Crippen LogP contribution in [0.5, 0.6) is 0 Å². The molecule has 3 rings (SSSR count). The molecule has 0 atom stereocenters. The van der Waals surface area contributed by atoms with Gasteiger partial charge in [0, 0.05) is 5.69 Å². The fraction of sp³-hybridized carbons (Fsp3) is 0.100. The van der Waals surface area contributed by atoms with E-state index >= 15 is 0 Å². The van der Waals surface area contributed by atoms with Crippen molar-refractivity contribution >= 4 is 27.3 Å². The van der Waals surface area contributed by atoms with Gasteiger partial charge in [-0.3, -0.25) is 4.79 Å². The quantitative estimate of drug-likeness (QED) is 0.491. The second kappa shape index (κ2) is 8.10. The molecule has 0 aliphatic heterocycles. The Hall–Kier alpha value is -3.39. The van der Waals surface area contributed by atoms with Gasteiger partial charge < -0.3 is 9.73 Å². The van der Waals surface area contributed by atoms with Crippen LogP contribution in [0.2, 0.25) is 0 Å². The molecule has 0 aliphatic carbocycles. The Labute approximate surface area is 163 Å². The number of carbonyl (C=O) groups is 1. The van der Waals surface area contributed by atoms with Crippen LogP contribution in [-0.2, 0) is 10.0 Å². The molecular formula is C20H19N3O4S. The SMILES string of the molecule is C/C(=N/NS(=O)(=O)c1ccccc1C)c1ccc(NC(=O)c2ccco2)cc1. The van der Waals surface area contributed by atoms with Gasteiger partial charge in [-0.15, -0.1) is 0 Å². The minimum atomic E-state index is -3.75. The van der Waals surface area contributed by atoms with Crippen LogP contribution in [0.4, 0.5) is 5.69 Å². The lowest BCUT2D eigenvalue weighted by atomic mass is 10.1. The van der Waals surface area contributed by atoms with Gasteiger partial charge in [0.25, 0.3) is 15.9 Å². The minimum absolute atomic E-state index is 0.183. The van der Waals surface area contributed by atoms with E-state index in [-0.39, 0.29) is 16.6 Å². The van der Waals surface area contributed by atoms with Crippen LogP contribution in [0.25, 0.3) is 0 Å². The van der Waals surface area contributed by atoms with Crippen molar-refractivity contribution in [1.82, 2.24) is 4.83 Å². The van der Waals surface area contributed by atoms with Crippen molar-refractivity contribution in [3.05, 3.63) is 83.8 Å². The van der Waals surface area contributed by atoms with Gasteiger partial charge in [-0.1, -0.05) is 30.3 Å². The van der Waals surface area contributed by atoms with Crippen molar-refractivity contribution in [3.63, 3.8) is 0 Å². The molecule has 2 aromatic carbocycles. The summed E-state index contributed by atoms with van der Waals surface area (Å²) in [5.74, 6) is -0.137. The fourth-order valence-electron chi connectivity index (χ4n) is 2.50. The average molecular weight is 397 g/mol. The van der Waals surface area contributed by atoms with E-state index in [1.54, 1.807) is 68.4 Å². The maximum Gasteiger partial charge on any atom is 0.291 e. The highest BCUT2D eigenvalue weighted by Crippen LogP contribution is 2.15. The highest BCUT2D eigenvalue weighted by Gasteiger charge is 2.15. The Morgan fingerprint density at radius 1 is 1.00 bits per heavy atom. The highest BCUT2D eigenvalue weighted by molar-refractivity contribution is 7.89. The molecule has 8 heteroatoms. The normalized spacial score (nSPS) is 11.9. The zero-order chi connectivity index (χ0) is 20.1. The molecule has 0 aliphatic rings. The number of sulfonamides is 1. The summed E-state index contributed by atoms with van der Waals surface area (Å²) in [5, 5.41) is 6.70. The number of nitrogens with zero attached hydrogens (tertiary/aromatic N) is 1. The highest BCUT2D eigenvalue weighted by atomic mass is 32.2. The number of anilines is 1. The lowest BCUT2D eigenvalue weighted by Gasteiger charge is -2.08. The van der Waals surface area contributed by atoms with Crippen LogP contribution < -0.4 is 10.1 Å². The molecule has 0 bridgehead atoms. The van der Waals surface area contributed by atoms with Crippen molar-refractivity contribution in [2.75, 3.05) is 5.32 Å². The molecule has 0 spiro atoms. The third-order valence-corrected chi connectivity index (χ3v) is 5.39. The Morgan fingerprint density at radius 2 is 1.71 bits per heavy atom. The molecule has 0 saturated carbocycles. The Bertz CT molecular complexity index is 1100. The lowest BCUT2D eigenvalue weighted by molar-refractivity contribution is 0.0996. The molecule has 1 aromatic heterocycles. The number of rotatable bonds is 6. The first-order valence-electron chi connectivity index (χ1n) is 8.44. The van der Waals surface area contributed by atoms with Crippen LogP contribution in [0.1, 0.15) is 28.6 Å². The van der Waals surface area contributed by atoms with Gasteiger partial charge in [0.05, 0.1) is 16.9 Å². The predicted molar refractivity (Wildman–Crippen MR) is 107 cm³/mol. The summed E-state index contributed by atoms with van der Waals surface area (Å²) >= 11 is 0. The molecule has 28 heavy (non-hydrogen) atoms. The van der Waals surface area contributed by atoms with E-state index in [2.05, 4.69) is 15.2 Å². The molecule has 0 radical (unpaired) electrons. The van der Waals surface area contributed by atoms with Crippen molar-refractivity contribution in [2.45, 2.75) is 18.7 Å². The van der Waals surface area contributed by atoms with Gasteiger partial charge >= 0.3 is 0 Å². The third-order valence-electron chi connectivity index (χ3n) is 4.02. The van der Waals surface area contributed by atoms with Gasteiger partial charge in [-0.05, 0) is 55.3 Å². The largest absolute Gasteiger partial charge is 0.459 e. The maximum atomic E-state index is 12.4. The Kier molecular flexibility index (Phi) is 5.60. The van der Waals surface area contributed by atoms with Gasteiger partial charge in [0.15, 0.2) is 5.76 Å². The number of hydrogen-bond donors (Lipinski definition) is 2. The number of amides is 1. The number of hydrazone groups is 1. The zero-order valence-electron chi connectivity index (χ0n) is 15.3. The Morgan fingerprint density at radius 3 is 2.36 bits per heavy atom. The van der Waals surface area contributed by atoms with Crippen LogP contribution in [0, 0.1) is 6.92 Å². The number of carbonyl (C=O) groups excluding carboxylic acids is 1. The van der Waals surface area contributed by atoms with Gasteiger partial charge in [0.2, 0.25) is 0 Å². The summed E-state index contributed by atoms with van der Waals surface area (Å²) in [7, 11) is -3.75. The van der Waals surface area contributed by atoms with Crippen LogP contribution >= 0.6 is 0 Å². The van der Waals surface area contributed by atoms with Crippen molar-refractivity contribution in [1.29, 1.82) is 0 Å². The van der Waals surface area contributed by atoms with E-state index in [0.717, 1.165) is 0 Å². The fourth-order valence-corrected chi connectivity index (χ4v) is 3.60. The first-order chi connectivity index (χ1) is 13.4. The monoisotopic (exact) mass is 397 g/mol. The van der Waals surface area contributed by atoms with E-state index in [4.69, 9.17) is 4.42 Å². The standard InChI is InChI=1S/C20H19N3O4S/c1-14-6-3-4-8-19(14)28(25,26)23-22-15(2)16-9-11-17(12-10-16)21-20(24)18-7-5-13-27-18/h3-13,23H,1-2H3,(H,21,24)/b22-15-. The molecule has 0 saturated heterocycles. The summed E-state index contributed by atoms with van der Waals surface area (Å²) in [6, 6.07) is 16.8. The van der Waals surface area contributed by atoms with Gasteiger partial charge in [-0.25, -0.2) is 0 Å². The summed E-state index contributed by atoms with van der Waals surface area (Å²) in [6.07, 6.45) is 1.43. The predicted octanol–water partition coefficient (Wildman–Crippen LogP) is 3.54. The Balaban J connectivity index is 1.69. The number of benzene rings is 2.